The molecule has 1 saturated heterocycles. The number of hydrogen-bond acceptors (Lipinski definition) is 3. The quantitative estimate of drug-likeness (QED) is 0.359. The highest BCUT2D eigenvalue weighted by Gasteiger charge is 2.24. The van der Waals surface area contributed by atoms with Crippen molar-refractivity contribution in [3.63, 3.8) is 0 Å². The molecule has 1 amide bonds. The summed E-state index contributed by atoms with van der Waals surface area (Å²) in [4.78, 5) is 17.6. The number of carbonyl (C=O) groups is 1. The number of thioether (sulfide) groups is 1. The Balaban J connectivity index is 1.47. The average Bonchev–Trinajstić information content (AvgIpc) is 3.30. The number of nitrogens with one attached hydrogen (secondary N) is 1. The number of para-hydroxylation sites is 1. The van der Waals surface area contributed by atoms with Crippen LogP contribution in [0, 0.1) is 5.82 Å². The maximum atomic E-state index is 13.3. The lowest BCUT2D eigenvalue weighted by Crippen LogP contribution is -2.19. The summed E-state index contributed by atoms with van der Waals surface area (Å²) in [5.41, 5.74) is 3.65. The van der Waals surface area contributed by atoms with Crippen LogP contribution in [0.25, 0.3) is 17.0 Å². The Hall–Kier alpha value is -3.35. The Morgan fingerprint density at radius 2 is 1.88 bits per heavy atom. The fraction of sp³-hybridized carbons (Fsp3) is 0.0400. The number of aliphatic imine (C=N–C) groups is 1. The lowest BCUT2D eigenvalue weighted by Gasteiger charge is -2.05. The monoisotopic (exact) mass is 461 g/mol. The van der Waals surface area contributed by atoms with E-state index in [4.69, 9.17) is 11.6 Å². The minimum Gasteiger partial charge on any atom is -0.342 e. The molecular formula is C25H17ClFN3OS. The molecule has 0 unspecified atom stereocenters. The zero-order valence-electron chi connectivity index (χ0n) is 16.8. The van der Waals surface area contributed by atoms with Crippen molar-refractivity contribution in [3.8, 4) is 0 Å². The number of benzene rings is 3. The molecule has 1 N–H and O–H groups in total. The highest BCUT2D eigenvalue weighted by atomic mass is 35.5. The molecule has 3 aromatic carbocycles. The minimum absolute atomic E-state index is 0.189. The molecule has 2 heterocycles. The van der Waals surface area contributed by atoms with Crippen LogP contribution in [-0.4, -0.2) is 15.6 Å². The molecular weight excluding hydrogens is 445 g/mol. The number of halogens is 2. The molecule has 1 aromatic heterocycles. The molecule has 7 heteroatoms. The lowest BCUT2D eigenvalue weighted by atomic mass is 10.1. The second-order valence-corrected chi connectivity index (χ2v) is 8.78. The Morgan fingerprint density at radius 1 is 1.06 bits per heavy atom. The van der Waals surface area contributed by atoms with Crippen LogP contribution in [0.5, 0.6) is 0 Å². The Morgan fingerprint density at radius 3 is 2.69 bits per heavy atom. The first-order valence-electron chi connectivity index (χ1n) is 9.93. The molecule has 4 nitrogen and oxygen atoms in total. The molecule has 0 aliphatic carbocycles. The predicted octanol–water partition coefficient (Wildman–Crippen LogP) is 6.37. The van der Waals surface area contributed by atoms with Gasteiger partial charge in [0, 0.05) is 34.2 Å². The van der Waals surface area contributed by atoms with Crippen LogP contribution in [0.2, 0.25) is 5.02 Å². The van der Waals surface area contributed by atoms with Crippen LogP contribution in [0.1, 0.15) is 11.1 Å². The van der Waals surface area contributed by atoms with E-state index < -0.39 is 0 Å². The normalized spacial score (nSPS) is 16.2. The third-order valence-electron chi connectivity index (χ3n) is 5.06. The van der Waals surface area contributed by atoms with E-state index in [-0.39, 0.29) is 11.7 Å². The first-order chi connectivity index (χ1) is 15.5. The van der Waals surface area contributed by atoms with Crippen molar-refractivity contribution in [2.45, 2.75) is 6.54 Å². The maximum Gasteiger partial charge on any atom is 0.264 e. The van der Waals surface area contributed by atoms with Crippen LogP contribution in [0.3, 0.4) is 0 Å². The number of aromatic nitrogens is 1. The molecule has 0 spiro atoms. The summed E-state index contributed by atoms with van der Waals surface area (Å²) in [5, 5.41) is 4.95. The predicted molar refractivity (Wildman–Crippen MR) is 130 cm³/mol. The van der Waals surface area contributed by atoms with Gasteiger partial charge in [0.15, 0.2) is 5.17 Å². The molecule has 0 bridgehead atoms. The van der Waals surface area contributed by atoms with E-state index in [0.29, 0.717) is 27.3 Å². The highest BCUT2D eigenvalue weighted by Crippen LogP contribution is 2.31. The van der Waals surface area contributed by atoms with Crippen molar-refractivity contribution in [2.75, 3.05) is 0 Å². The van der Waals surface area contributed by atoms with Crippen molar-refractivity contribution in [3.05, 3.63) is 106 Å². The summed E-state index contributed by atoms with van der Waals surface area (Å²) in [6, 6.07) is 21.7. The van der Waals surface area contributed by atoms with Crippen molar-refractivity contribution < 1.29 is 9.18 Å². The molecule has 32 heavy (non-hydrogen) atoms. The van der Waals surface area contributed by atoms with Gasteiger partial charge < -0.3 is 9.88 Å². The number of amides is 1. The topological polar surface area (TPSA) is 46.4 Å². The van der Waals surface area contributed by atoms with Crippen LogP contribution in [0.15, 0.2) is 88.9 Å². The summed E-state index contributed by atoms with van der Waals surface area (Å²) in [5.74, 6) is -0.442. The number of hydrogen-bond donors (Lipinski definition) is 1. The van der Waals surface area contributed by atoms with E-state index in [1.807, 2.05) is 48.7 Å². The van der Waals surface area contributed by atoms with Gasteiger partial charge in [-0.3, -0.25) is 4.79 Å². The zero-order valence-corrected chi connectivity index (χ0v) is 18.3. The number of amidine groups is 1. The van der Waals surface area contributed by atoms with Gasteiger partial charge in [0.1, 0.15) is 5.82 Å². The highest BCUT2D eigenvalue weighted by molar-refractivity contribution is 8.18. The molecule has 1 aliphatic rings. The van der Waals surface area contributed by atoms with Crippen molar-refractivity contribution in [2.24, 2.45) is 4.99 Å². The fourth-order valence-corrected chi connectivity index (χ4v) is 4.61. The van der Waals surface area contributed by atoms with Gasteiger partial charge in [-0.15, -0.1) is 0 Å². The first kappa shape index (κ1) is 20.5. The Kier molecular flexibility index (Phi) is 5.55. The SMILES string of the molecule is O=C1NC(=Nc2cccc(Cl)c2)S/C1=C\c1cn(Cc2ccc(F)cc2)c2ccccc12. The third kappa shape index (κ3) is 4.33. The fourth-order valence-electron chi connectivity index (χ4n) is 3.59. The molecule has 5 rings (SSSR count). The summed E-state index contributed by atoms with van der Waals surface area (Å²) in [6.07, 6.45) is 3.89. The van der Waals surface area contributed by atoms with Gasteiger partial charge >= 0.3 is 0 Å². The minimum atomic E-state index is -0.254. The molecule has 1 aliphatic heterocycles. The van der Waals surface area contributed by atoms with Crippen LogP contribution >= 0.6 is 23.4 Å². The van der Waals surface area contributed by atoms with E-state index in [0.717, 1.165) is 22.0 Å². The summed E-state index contributed by atoms with van der Waals surface area (Å²) in [7, 11) is 0. The van der Waals surface area contributed by atoms with E-state index >= 15 is 0 Å². The zero-order chi connectivity index (χ0) is 22.1. The summed E-state index contributed by atoms with van der Waals surface area (Å²) < 4.78 is 15.4. The van der Waals surface area contributed by atoms with E-state index in [2.05, 4.69) is 14.9 Å². The third-order valence-corrected chi connectivity index (χ3v) is 6.21. The van der Waals surface area contributed by atoms with Crippen molar-refractivity contribution in [1.82, 2.24) is 9.88 Å². The van der Waals surface area contributed by atoms with Gasteiger partial charge in [0.05, 0.1) is 10.6 Å². The average molecular weight is 462 g/mol. The van der Waals surface area contributed by atoms with Gasteiger partial charge in [-0.1, -0.05) is 48.0 Å². The van der Waals surface area contributed by atoms with Crippen LogP contribution in [-0.2, 0) is 11.3 Å². The smallest absolute Gasteiger partial charge is 0.264 e. The molecule has 4 aromatic rings. The number of fused-ring (bicyclic) bond motifs is 1. The van der Waals surface area contributed by atoms with Crippen LogP contribution in [0.4, 0.5) is 10.1 Å². The second kappa shape index (κ2) is 8.65. The van der Waals surface area contributed by atoms with Gasteiger partial charge in [0.2, 0.25) is 0 Å². The van der Waals surface area contributed by atoms with Crippen molar-refractivity contribution in [1.29, 1.82) is 0 Å². The number of rotatable bonds is 4. The molecule has 1 fully saturated rings. The van der Waals surface area contributed by atoms with E-state index in [1.165, 1.54) is 23.9 Å². The Labute approximate surface area is 193 Å². The summed E-state index contributed by atoms with van der Waals surface area (Å²) >= 11 is 7.32. The van der Waals surface area contributed by atoms with E-state index in [1.54, 1.807) is 24.3 Å². The van der Waals surface area contributed by atoms with E-state index in [9.17, 15) is 9.18 Å². The second-order valence-electron chi connectivity index (χ2n) is 7.32. The molecule has 0 saturated carbocycles. The Bertz CT molecular complexity index is 1390. The molecule has 0 atom stereocenters. The maximum absolute atomic E-state index is 13.3. The largest absolute Gasteiger partial charge is 0.342 e. The van der Waals surface area contributed by atoms with Gasteiger partial charge in [0.25, 0.3) is 5.91 Å². The molecule has 158 valence electrons. The molecule has 0 radical (unpaired) electrons. The summed E-state index contributed by atoms with van der Waals surface area (Å²) in [6.45, 7) is 0.602. The van der Waals surface area contributed by atoms with Gasteiger partial charge in [-0.2, -0.15) is 0 Å². The van der Waals surface area contributed by atoms with Crippen molar-refractivity contribution >= 4 is 57.1 Å². The van der Waals surface area contributed by atoms with Gasteiger partial charge in [-0.25, -0.2) is 9.38 Å². The first-order valence-corrected chi connectivity index (χ1v) is 11.1. The van der Waals surface area contributed by atoms with Gasteiger partial charge in [-0.05, 0) is 59.8 Å². The lowest BCUT2D eigenvalue weighted by molar-refractivity contribution is -0.115. The number of nitrogens with zero attached hydrogens (tertiary/aromatic N) is 2. The standard InChI is InChI=1S/C25H17ClFN3OS/c26-18-4-3-5-20(13-18)28-25-29-24(31)23(32-25)12-17-15-30(22-7-2-1-6-21(17)22)14-16-8-10-19(27)11-9-16/h1-13,15H,14H2,(H,28,29,31)/b23-12-. The van der Waals surface area contributed by atoms with Crippen LogP contribution < -0.4 is 5.32 Å². The number of carbonyl (C=O) groups excluding carboxylic acids is 1.